The van der Waals surface area contributed by atoms with E-state index in [9.17, 15) is 8.42 Å². The van der Waals surface area contributed by atoms with Gasteiger partial charge in [0.05, 0.1) is 11.0 Å². The zero-order valence-corrected chi connectivity index (χ0v) is 13.7. The molecule has 2 aromatic carbocycles. The number of hydrogen-bond donors (Lipinski definition) is 0. The van der Waals surface area contributed by atoms with Crippen LogP contribution in [0, 0.1) is 13.8 Å². The van der Waals surface area contributed by atoms with Crippen LogP contribution in [0.4, 0.5) is 0 Å². The van der Waals surface area contributed by atoms with E-state index in [4.69, 9.17) is 0 Å². The van der Waals surface area contributed by atoms with Crippen molar-refractivity contribution in [2.45, 2.75) is 38.2 Å². The van der Waals surface area contributed by atoms with Gasteiger partial charge >= 0.3 is 0 Å². The first-order valence-electron chi connectivity index (χ1n) is 7.26. The summed E-state index contributed by atoms with van der Waals surface area (Å²) in [6, 6.07) is 15.5. The monoisotopic (exact) mass is 302 g/mol. The standard InChI is InChI=1S/C18H22O2S/c1-4-18(16-8-6-5-7-9-16)21(19,20)13-17-12-14(2)10-11-15(17)3/h5-12,18H,4,13H2,1-3H3. The second-order valence-corrected chi connectivity index (χ2v) is 7.73. The average molecular weight is 302 g/mol. The normalized spacial score (nSPS) is 13.1. The molecule has 0 bridgehead atoms. The molecule has 1 unspecified atom stereocenters. The highest BCUT2D eigenvalue weighted by Crippen LogP contribution is 2.29. The fraction of sp³-hybridized carbons (Fsp3) is 0.333. The predicted molar refractivity (Wildman–Crippen MR) is 88.0 cm³/mol. The van der Waals surface area contributed by atoms with E-state index in [1.54, 1.807) is 0 Å². The molecule has 0 aromatic heterocycles. The highest BCUT2D eigenvalue weighted by atomic mass is 32.2. The average Bonchev–Trinajstić information content (AvgIpc) is 2.44. The largest absolute Gasteiger partial charge is 0.228 e. The van der Waals surface area contributed by atoms with E-state index in [2.05, 4.69) is 0 Å². The summed E-state index contributed by atoms with van der Waals surface area (Å²) in [5.74, 6) is 0.105. The van der Waals surface area contributed by atoms with Gasteiger partial charge in [-0.2, -0.15) is 0 Å². The van der Waals surface area contributed by atoms with E-state index in [1.165, 1.54) is 0 Å². The minimum Gasteiger partial charge on any atom is -0.228 e. The first-order valence-corrected chi connectivity index (χ1v) is 8.98. The second-order valence-electron chi connectivity index (χ2n) is 5.54. The number of rotatable bonds is 5. The lowest BCUT2D eigenvalue weighted by molar-refractivity contribution is 0.578. The molecule has 1 atom stereocenters. The van der Waals surface area contributed by atoms with Gasteiger partial charge in [-0.3, -0.25) is 0 Å². The first-order chi connectivity index (χ1) is 9.94. The van der Waals surface area contributed by atoms with Gasteiger partial charge in [-0.15, -0.1) is 0 Å². The van der Waals surface area contributed by atoms with Crippen LogP contribution in [-0.2, 0) is 15.6 Å². The van der Waals surface area contributed by atoms with Crippen LogP contribution in [0.1, 0.15) is 40.8 Å². The number of sulfone groups is 1. The maximum atomic E-state index is 12.8. The summed E-state index contributed by atoms with van der Waals surface area (Å²) in [5, 5.41) is -0.432. The topological polar surface area (TPSA) is 34.1 Å². The van der Waals surface area contributed by atoms with Crippen molar-refractivity contribution < 1.29 is 8.42 Å². The summed E-state index contributed by atoms with van der Waals surface area (Å²) in [4.78, 5) is 0. The fourth-order valence-corrected chi connectivity index (χ4v) is 4.66. The van der Waals surface area contributed by atoms with Crippen molar-refractivity contribution in [1.29, 1.82) is 0 Å². The maximum absolute atomic E-state index is 12.8. The zero-order valence-electron chi connectivity index (χ0n) is 12.8. The molecule has 0 fully saturated rings. The molecule has 2 rings (SSSR count). The lowest BCUT2D eigenvalue weighted by Crippen LogP contribution is -2.15. The lowest BCUT2D eigenvalue weighted by atomic mass is 10.1. The predicted octanol–water partition coefficient (Wildman–Crippen LogP) is 4.37. The SMILES string of the molecule is CCC(c1ccccc1)S(=O)(=O)Cc1cc(C)ccc1C. The van der Waals surface area contributed by atoms with E-state index in [1.807, 2.05) is 69.3 Å². The van der Waals surface area contributed by atoms with Crippen molar-refractivity contribution in [1.82, 2.24) is 0 Å². The van der Waals surface area contributed by atoms with E-state index in [0.717, 1.165) is 22.3 Å². The van der Waals surface area contributed by atoms with Crippen LogP contribution in [0.25, 0.3) is 0 Å². The van der Waals surface area contributed by atoms with Gasteiger partial charge in [0, 0.05) is 0 Å². The third kappa shape index (κ3) is 3.73. The van der Waals surface area contributed by atoms with Crippen molar-refractivity contribution in [3.05, 3.63) is 70.8 Å². The van der Waals surface area contributed by atoms with Crippen LogP contribution in [0.15, 0.2) is 48.5 Å². The highest BCUT2D eigenvalue weighted by molar-refractivity contribution is 7.90. The first kappa shape index (κ1) is 15.8. The van der Waals surface area contributed by atoms with Gasteiger partial charge in [-0.25, -0.2) is 8.42 Å². The molecule has 0 saturated carbocycles. The molecule has 0 heterocycles. The van der Waals surface area contributed by atoms with Crippen molar-refractivity contribution in [3.63, 3.8) is 0 Å². The summed E-state index contributed by atoms with van der Waals surface area (Å²) in [6.45, 7) is 5.89. The van der Waals surface area contributed by atoms with Crippen molar-refractivity contribution in [2.75, 3.05) is 0 Å². The molecule has 112 valence electrons. The van der Waals surface area contributed by atoms with Gasteiger partial charge in [-0.1, -0.05) is 61.0 Å². The Balaban J connectivity index is 2.35. The smallest absolute Gasteiger partial charge is 0.161 e. The molecule has 0 radical (unpaired) electrons. The van der Waals surface area contributed by atoms with Gasteiger partial charge in [0.25, 0.3) is 0 Å². The Morgan fingerprint density at radius 2 is 1.67 bits per heavy atom. The second kappa shape index (κ2) is 6.44. The Kier molecular flexibility index (Phi) is 4.84. The van der Waals surface area contributed by atoms with Gasteiger partial charge in [-0.05, 0) is 37.0 Å². The summed E-state index contributed by atoms with van der Waals surface area (Å²) >= 11 is 0. The minimum absolute atomic E-state index is 0.105. The molecular weight excluding hydrogens is 280 g/mol. The van der Waals surface area contributed by atoms with Crippen LogP contribution in [-0.4, -0.2) is 8.42 Å². The molecule has 2 aromatic rings. The van der Waals surface area contributed by atoms with E-state index in [0.29, 0.717) is 6.42 Å². The van der Waals surface area contributed by atoms with Crippen LogP contribution in [0.5, 0.6) is 0 Å². The minimum atomic E-state index is -3.22. The third-order valence-corrected chi connectivity index (χ3v) is 6.02. The molecule has 3 heteroatoms. The lowest BCUT2D eigenvalue weighted by Gasteiger charge is -2.17. The summed E-state index contributed by atoms with van der Waals surface area (Å²) in [6.07, 6.45) is 0.594. The van der Waals surface area contributed by atoms with Gasteiger partial charge in [0.15, 0.2) is 9.84 Å². The molecule has 0 amide bonds. The third-order valence-electron chi connectivity index (χ3n) is 3.84. The molecular formula is C18H22O2S. The number of hydrogen-bond acceptors (Lipinski definition) is 2. The van der Waals surface area contributed by atoms with Crippen molar-refractivity contribution in [3.8, 4) is 0 Å². The Morgan fingerprint density at radius 3 is 2.29 bits per heavy atom. The summed E-state index contributed by atoms with van der Waals surface area (Å²) in [7, 11) is -3.22. The van der Waals surface area contributed by atoms with Crippen LogP contribution in [0.2, 0.25) is 0 Å². The van der Waals surface area contributed by atoms with E-state index in [-0.39, 0.29) is 5.75 Å². The van der Waals surface area contributed by atoms with E-state index >= 15 is 0 Å². The molecule has 0 aliphatic rings. The van der Waals surface area contributed by atoms with E-state index < -0.39 is 15.1 Å². The number of aryl methyl sites for hydroxylation is 2. The quantitative estimate of drug-likeness (QED) is 0.822. The van der Waals surface area contributed by atoms with Gasteiger partial charge in [0.2, 0.25) is 0 Å². The zero-order chi connectivity index (χ0) is 15.5. The molecule has 0 N–H and O–H groups in total. The summed E-state index contributed by atoms with van der Waals surface area (Å²) < 4.78 is 25.6. The van der Waals surface area contributed by atoms with Crippen molar-refractivity contribution >= 4 is 9.84 Å². The van der Waals surface area contributed by atoms with Crippen LogP contribution < -0.4 is 0 Å². The van der Waals surface area contributed by atoms with Gasteiger partial charge in [0.1, 0.15) is 0 Å². The van der Waals surface area contributed by atoms with Crippen LogP contribution >= 0.6 is 0 Å². The van der Waals surface area contributed by atoms with Crippen molar-refractivity contribution in [2.24, 2.45) is 0 Å². The Labute approximate surface area is 127 Å². The summed E-state index contributed by atoms with van der Waals surface area (Å²) in [5.41, 5.74) is 3.92. The molecule has 0 saturated heterocycles. The fourth-order valence-electron chi connectivity index (χ4n) is 2.64. The molecule has 0 aliphatic heterocycles. The van der Waals surface area contributed by atoms with Crippen LogP contribution in [0.3, 0.4) is 0 Å². The Morgan fingerprint density at radius 1 is 1.00 bits per heavy atom. The molecule has 21 heavy (non-hydrogen) atoms. The Bertz CT molecular complexity index is 703. The maximum Gasteiger partial charge on any atom is 0.161 e. The molecule has 0 aliphatic carbocycles. The molecule has 0 spiro atoms. The molecule has 2 nitrogen and oxygen atoms in total. The highest BCUT2D eigenvalue weighted by Gasteiger charge is 2.26. The number of benzene rings is 2. The van der Waals surface area contributed by atoms with Gasteiger partial charge < -0.3 is 0 Å². The Hall–Kier alpha value is -1.61.